The van der Waals surface area contributed by atoms with Crippen molar-refractivity contribution >= 4 is 0 Å². The van der Waals surface area contributed by atoms with E-state index in [1.807, 2.05) is 0 Å². The lowest BCUT2D eigenvalue weighted by Gasteiger charge is -2.40. The van der Waals surface area contributed by atoms with Gasteiger partial charge in [-0.05, 0) is 68.8 Å². The monoisotopic (exact) mass is 244 g/mol. The van der Waals surface area contributed by atoms with Crippen LogP contribution < -0.4 is 5.73 Å². The molecule has 0 spiro atoms. The molecule has 2 nitrogen and oxygen atoms in total. The molecule has 3 rings (SSSR count). The molecule has 1 aliphatic heterocycles. The number of piperidine rings is 1. The fourth-order valence-electron chi connectivity index (χ4n) is 3.61. The van der Waals surface area contributed by atoms with Crippen LogP contribution in [-0.4, -0.2) is 24.5 Å². The van der Waals surface area contributed by atoms with Crippen molar-refractivity contribution in [3.63, 3.8) is 0 Å². The van der Waals surface area contributed by atoms with Gasteiger partial charge < -0.3 is 5.73 Å². The number of fused-ring (bicyclic) bond motifs is 1. The van der Waals surface area contributed by atoms with Crippen molar-refractivity contribution < 1.29 is 0 Å². The van der Waals surface area contributed by atoms with Crippen LogP contribution in [0, 0.1) is 5.92 Å². The average Bonchev–Trinajstić information content (AvgIpc) is 2.47. The van der Waals surface area contributed by atoms with Crippen LogP contribution in [0.15, 0.2) is 24.3 Å². The molecule has 0 radical (unpaired) electrons. The zero-order valence-corrected chi connectivity index (χ0v) is 11.1. The van der Waals surface area contributed by atoms with Crippen LogP contribution in [0.3, 0.4) is 0 Å². The number of hydrogen-bond acceptors (Lipinski definition) is 2. The normalized spacial score (nSPS) is 25.9. The number of nitrogens with two attached hydrogens (primary N) is 1. The predicted octanol–water partition coefficient (Wildman–Crippen LogP) is 2.73. The first-order valence-electron chi connectivity index (χ1n) is 7.40. The van der Waals surface area contributed by atoms with Gasteiger partial charge in [0.1, 0.15) is 0 Å². The molecule has 2 aliphatic rings. The number of likely N-dealkylation sites (tertiary alicyclic amines) is 1. The van der Waals surface area contributed by atoms with Crippen LogP contribution in [0.2, 0.25) is 0 Å². The molecule has 1 aromatic rings. The van der Waals surface area contributed by atoms with E-state index in [0.29, 0.717) is 6.04 Å². The summed E-state index contributed by atoms with van der Waals surface area (Å²) in [6, 6.07) is 9.71. The topological polar surface area (TPSA) is 29.3 Å². The number of hydrogen-bond donors (Lipinski definition) is 1. The van der Waals surface area contributed by atoms with Gasteiger partial charge in [-0.1, -0.05) is 24.3 Å². The molecule has 0 saturated carbocycles. The zero-order chi connectivity index (χ0) is 12.4. The smallest absolute Gasteiger partial charge is 0.0350 e. The van der Waals surface area contributed by atoms with Crippen LogP contribution in [-0.2, 0) is 6.42 Å². The summed E-state index contributed by atoms with van der Waals surface area (Å²) in [6.07, 6.45) is 6.53. The van der Waals surface area contributed by atoms with E-state index in [0.717, 1.165) is 12.5 Å². The van der Waals surface area contributed by atoms with Crippen molar-refractivity contribution in [1.29, 1.82) is 0 Å². The summed E-state index contributed by atoms with van der Waals surface area (Å²) >= 11 is 0. The fourth-order valence-corrected chi connectivity index (χ4v) is 3.61. The van der Waals surface area contributed by atoms with Gasteiger partial charge in [0.05, 0.1) is 0 Å². The summed E-state index contributed by atoms with van der Waals surface area (Å²) in [4.78, 5) is 2.70. The second kappa shape index (κ2) is 5.41. The van der Waals surface area contributed by atoms with Gasteiger partial charge in [0, 0.05) is 6.04 Å². The number of aryl methyl sites for hydroxylation is 1. The summed E-state index contributed by atoms with van der Waals surface area (Å²) in [6.45, 7) is 3.34. The summed E-state index contributed by atoms with van der Waals surface area (Å²) in [5.41, 5.74) is 8.96. The van der Waals surface area contributed by atoms with Gasteiger partial charge in [0.15, 0.2) is 0 Å². The van der Waals surface area contributed by atoms with Gasteiger partial charge in [-0.3, -0.25) is 4.90 Å². The second-order valence-electron chi connectivity index (χ2n) is 5.82. The van der Waals surface area contributed by atoms with E-state index in [-0.39, 0.29) is 0 Å². The molecule has 0 bridgehead atoms. The van der Waals surface area contributed by atoms with Gasteiger partial charge in [-0.15, -0.1) is 0 Å². The van der Waals surface area contributed by atoms with E-state index >= 15 is 0 Å². The molecule has 1 saturated heterocycles. The molecule has 2 heteroatoms. The minimum atomic E-state index is 0.675. The third kappa shape index (κ3) is 2.32. The minimum absolute atomic E-state index is 0.675. The van der Waals surface area contributed by atoms with E-state index in [9.17, 15) is 0 Å². The minimum Gasteiger partial charge on any atom is -0.330 e. The molecule has 98 valence electrons. The first-order chi connectivity index (χ1) is 8.88. The summed E-state index contributed by atoms with van der Waals surface area (Å²) < 4.78 is 0. The lowest BCUT2D eigenvalue weighted by Crippen LogP contribution is -2.39. The van der Waals surface area contributed by atoms with E-state index in [1.54, 1.807) is 11.1 Å². The summed E-state index contributed by atoms with van der Waals surface area (Å²) in [7, 11) is 0. The third-order valence-electron chi connectivity index (χ3n) is 4.76. The SMILES string of the molecule is NCC1CCN(C2CCCc3ccccc32)CC1. The Morgan fingerprint density at radius 1 is 1.11 bits per heavy atom. The first-order valence-corrected chi connectivity index (χ1v) is 7.40. The largest absolute Gasteiger partial charge is 0.330 e. The Kier molecular flexibility index (Phi) is 3.67. The van der Waals surface area contributed by atoms with Gasteiger partial charge in [-0.2, -0.15) is 0 Å². The number of rotatable bonds is 2. The molecule has 1 aromatic carbocycles. The van der Waals surface area contributed by atoms with Gasteiger partial charge in [0.25, 0.3) is 0 Å². The molecule has 1 fully saturated rings. The Labute approximate surface area is 110 Å². The Morgan fingerprint density at radius 3 is 2.67 bits per heavy atom. The van der Waals surface area contributed by atoms with Crippen LogP contribution in [0.5, 0.6) is 0 Å². The van der Waals surface area contributed by atoms with Gasteiger partial charge >= 0.3 is 0 Å². The van der Waals surface area contributed by atoms with E-state index in [2.05, 4.69) is 29.2 Å². The molecular formula is C16H24N2. The molecule has 0 aromatic heterocycles. The number of benzene rings is 1. The Bertz CT molecular complexity index is 394. The Balaban J connectivity index is 1.74. The van der Waals surface area contributed by atoms with Crippen LogP contribution in [0.1, 0.15) is 42.9 Å². The highest BCUT2D eigenvalue weighted by atomic mass is 15.2. The highest BCUT2D eigenvalue weighted by Gasteiger charge is 2.28. The van der Waals surface area contributed by atoms with Crippen LogP contribution >= 0.6 is 0 Å². The van der Waals surface area contributed by atoms with Crippen molar-refractivity contribution in [2.75, 3.05) is 19.6 Å². The quantitative estimate of drug-likeness (QED) is 0.866. The van der Waals surface area contributed by atoms with Crippen molar-refractivity contribution in [3.8, 4) is 0 Å². The number of nitrogens with zero attached hydrogens (tertiary/aromatic N) is 1. The standard InChI is InChI=1S/C16H24N2/c17-12-13-8-10-18(11-9-13)16-7-3-5-14-4-1-2-6-15(14)16/h1-2,4,6,13,16H,3,5,7-12,17H2. The maximum absolute atomic E-state index is 5.79. The Hall–Kier alpha value is -0.860. The Morgan fingerprint density at radius 2 is 1.89 bits per heavy atom. The van der Waals surface area contributed by atoms with Crippen molar-refractivity contribution in [1.82, 2.24) is 4.90 Å². The van der Waals surface area contributed by atoms with Crippen molar-refractivity contribution in [2.45, 2.75) is 38.1 Å². The van der Waals surface area contributed by atoms with Gasteiger partial charge in [-0.25, -0.2) is 0 Å². The molecule has 1 unspecified atom stereocenters. The van der Waals surface area contributed by atoms with Crippen LogP contribution in [0.25, 0.3) is 0 Å². The summed E-state index contributed by atoms with van der Waals surface area (Å²) in [5.74, 6) is 0.764. The molecule has 18 heavy (non-hydrogen) atoms. The zero-order valence-electron chi connectivity index (χ0n) is 11.1. The maximum Gasteiger partial charge on any atom is 0.0350 e. The second-order valence-corrected chi connectivity index (χ2v) is 5.82. The lowest BCUT2D eigenvalue weighted by atomic mass is 9.85. The van der Waals surface area contributed by atoms with Gasteiger partial charge in [0.2, 0.25) is 0 Å². The maximum atomic E-state index is 5.79. The van der Waals surface area contributed by atoms with E-state index in [1.165, 1.54) is 45.2 Å². The highest BCUT2D eigenvalue weighted by Crippen LogP contribution is 2.36. The first kappa shape index (κ1) is 12.2. The molecule has 1 aliphatic carbocycles. The highest BCUT2D eigenvalue weighted by molar-refractivity contribution is 5.32. The van der Waals surface area contributed by atoms with Crippen LogP contribution in [0.4, 0.5) is 0 Å². The third-order valence-corrected chi connectivity index (χ3v) is 4.76. The molecule has 2 N–H and O–H groups in total. The van der Waals surface area contributed by atoms with Crippen molar-refractivity contribution in [3.05, 3.63) is 35.4 Å². The molecule has 1 atom stereocenters. The molecular weight excluding hydrogens is 220 g/mol. The fraction of sp³-hybridized carbons (Fsp3) is 0.625. The van der Waals surface area contributed by atoms with Crippen molar-refractivity contribution in [2.24, 2.45) is 11.7 Å². The lowest BCUT2D eigenvalue weighted by molar-refractivity contribution is 0.122. The molecule has 0 amide bonds. The predicted molar refractivity (Wildman–Crippen MR) is 75.5 cm³/mol. The van der Waals surface area contributed by atoms with E-state index in [4.69, 9.17) is 5.73 Å². The average molecular weight is 244 g/mol. The molecule has 1 heterocycles. The summed E-state index contributed by atoms with van der Waals surface area (Å²) in [5, 5.41) is 0. The van der Waals surface area contributed by atoms with E-state index < -0.39 is 0 Å².